The van der Waals surface area contributed by atoms with E-state index in [1.807, 2.05) is 55.5 Å². The summed E-state index contributed by atoms with van der Waals surface area (Å²) in [5, 5.41) is 11.6. The minimum atomic E-state index is 0.444. The molecule has 27 heavy (non-hydrogen) atoms. The van der Waals surface area contributed by atoms with E-state index in [1.165, 1.54) is 0 Å². The maximum absolute atomic E-state index is 6.08. The highest BCUT2D eigenvalue weighted by Crippen LogP contribution is 2.31. The van der Waals surface area contributed by atoms with E-state index in [0.717, 1.165) is 24.1 Å². The van der Waals surface area contributed by atoms with Crippen molar-refractivity contribution in [3.63, 3.8) is 0 Å². The topological polar surface area (TPSA) is 74.4 Å². The van der Waals surface area contributed by atoms with Gasteiger partial charge in [-0.3, -0.25) is 0 Å². The minimum absolute atomic E-state index is 0.444. The van der Waals surface area contributed by atoms with Crippen LogP contribution in [0.1, 0.15) is 31.4 Å². The maximum Gasteiger partial charge on any atom is 0.269 e. The number of aliphatic imine (C=N–C) groups is 1. The SMILES string of the molecule is CCCn1nnnc1/N=C/c1cccc(OCC)c1OCc1ccccc1. The predicted molar refractivity (Wildman–Crippen MR) is 104 cm³/mol. The Morgan fingerprint density at radius 1 is 1.04 bits per heavy atom. The van der Waals surface area contributed by atoms with Crippen LogP contribution in [-0.4, -0.2) is 33.0 Å². The number of rotatable bonds is 9. The number of ether oxygens (including phenoxy) is 2. The van der Waals surface area contributed by atoms with Gasteiger partial charge in [0.1, 0.15) is 6.61 Å². The zero-order chi connectivity index (χ0) is 18.9. The summed E-state index contributed by atoms with van der Waals surface area (Å²) in [5.74, 6) is 1.81. The molecule has 0 radical (unpaired) electrons. The van der Waals surface area contributed by atoms with Crippen LogP contribution in [0, 0.1) is 0 Å². The fourth-order valence-corrected chi connectivity index (χ4v) is 2.56. The molecule has 0 aliphatic heterocycles. The fourth-order valence-electron chi connectivity index (χ4n) is 2.56. The first-order chi connectivity index (χ1) is 13.3. The van der Waals surface area contributed by atoms with Crippen molar-refractivity contribution in [3.05, 3.63) is 59.7 Å². The summed E-state index contributed by atoms with van der Waals surface area (Å²) < 4.78 is 13.5. The molecule has 3 aromatic rings. The lowest BCUT2D eigenvalue weighted by Crippen LogP contribution is -2.03. The number of nitrogens with zero attached hydrogens (tertiary/aromatic N) is 5. The summed E-state index contributed by atoms with van der Waals surface area (Å²) in [6.45, 7) is 5.73. The van der Waals surface area contributed by atoms with Crippen molar-refractivity contribution in [1.82, 2.24) is 20.2 Å². The van der Waals surface area contributed by atoms with Crippen molar-refractivity contribution in [2.24, 2.45) is 4.99 Å². The molecule has 7 heteroatoms. The van der Waals surface area contributed by atoms with Gasteiger partial charge in [0.15, 0.2) is 11.5 Å². The van der Waals surface area contributed by atoms with E-state index < -0.39 is 0 Å². The number of hydrogen-bond acceptors (Lipinski definition) is 6. The Kier molecular flexibility index (Phi) is 6.51. The fraction of sp³-hybridized carbons (Fsp3) is 0.300. The number of hydrogen-bond donors (Lipinski definition) is 0. The third-order valence-corrected chi connectivity index (χ3v) is 3.80. The standard InChI is InChI=1S/C20H23N5O2/c1-3-13-25-20(22-23-24-25)21-14-17-11-8-12-18(26-4-2)19(17)27-15-16-9-6-5-7-10-16/h5-12,14H,3-4,13,15H2,1-2H3/b21-14+. The van der Waals surface area contributed by atoms with E-state index in [1.54, 1.807) is 10.9 Å². The third-order valence-electron chi connectivity index (χ3n) is 3.80. The molecule has 7 nitrogen and oxygen atoms in total. The van der Waals surface area contributed by atoms with Gasteiger partial charge in [0.05, 0.1) is 6.61 Å². The van der Waals surface area contributed by atoms with Crippen LogP contribution in [-0.2, 0) is 13.2 Å². The van der Waals surface area contributed by atoms with Crippen LogP contribution in [0.15, 0.2) is 53.5 Å². The molecular formula is C20H23N5O2. The summed E-state index contributed by atoms with van der Waals surface area (Å²) in [7, 11) is 0. The average Bonchev–Trinajstić information content (AvgIpc) is 3.14. The first-order valence-electron chi connectivity index (χ1n) is 9.04. The van der Waals surface area contributed by atoms with Crippen LogP contribution in [0.25, 0.3) is 0 Å². The van der Waals surface area contributed by atoms with Crippen molar-refractivity contribution in [2.75, 3.05) is 6.61 Å². The normalized spacial score (nSPS) is 11.0. The molecule has 2 aromatic carbocycles. The van der Waals surface area contributed by atoms with Crippen molar-refractivity contribution < 1.29 is 9.47 Å². The van der Waals surface area contributed by atoms with Crippen LogP contribution in [0.5, 0.6) is 11.5 Å². The second-order valence-corrected chi connectivity index (χ2v) is 5.84. The summed E-state index contributed by atoms with van der Waals surface area (Å²) in [5.41, 5.74) is 1.89. The van der Waals surface area contributed by atoms with Crippen LogP contribution < -0.4 is 9.47 Å². The van der Waals surface area contributed by atoms with Gasteiger partial charge in [0.2, 0.25) is 0 Å². The Hall–Kier alpha value is -3.22. The molecule has 0 saturated carbocycles. The smallest absolute Gasteiger partial charge is 0.269 e. The Labute approximate surface area is 158 Å². The zero-order valence-electron chi connectivity index (χ0n) is 15.6. The molecule has 0 bridgehead atoms. The van der Waals surface area contributed by atoms with Gasteiger partial charge < -0.3 is 9.47 Å². The average molecular weight is 365 g/mol. The zero-order valence-corrected chi connectivity index (χ0v) is 15.6. The largest absolute Gasteiger partial charge is 0.490 e. The molecule has 0 unspecified atom stereocenters. The number of para-hydroxylation sites is 1. The molecule has 140 valence electrons. The van der Waals surface area contributed by atoms with Crippen molar-refractivity contribution >= 4 is 12.2 Å². The van der Waals surface area contributed by atoms with Gasteiger partial charge in [-0.2, -0.15) is 0 Å². The highest BCUT2D eigenvalue weighted by atomic mass is 16.5. The quantitative estimate of drug-likeness (QED) is 0.539. The molecule has 0 N–H and O–H groups in total. The highest BCUT2D eigenvalue weighted by Gasteiger charge is 2.11. The summed E-state index contributed by atoms with van der Waals surface area (Å²) in [6, 6.07) is 15.7. The van der Waals surface area contributed by atoms with E-state index in [2.05, 4.69) is 27.4 Å². The lowest BCUT2D eigenvalue weighted by molar-refractivity contribution is 0.269. The second kappa shape index (κ2) is 9.47. The van der Waals surface area contributed by atoms with Gasteiger partial charge in [-0.25, -0.2) is 9.67 Å². The van der Waals surface area contributed by atoms with Gasteiger partial charge in [-0.1, -0.05) is 48.4 Å². The number of aromatic nitrogens is 4. The summed E-state index contributed by atoms with van der Waals surface area (Å²) >= 11 is 0. The maximum atomic E-state index is 6.08. The second-order valence-electron chi connectivity index (χ2n) is 5.84. The molecule has 0 aliphatic carbocycles. The van der Waals surface area contributed by atoms with E-state index in [0.29, 0.717) is 30.7 Å². The molecular weight excluding hydrogens is 342 g/mol. The molecule has 3 rings (SSSR count). The van der Waals surface area contributed by atoms with Crippen LogP contribution in [0.3, 0.4) is 0 Å². The van der Waals surface area contributed by atoms with Gasteiger partial charge in [0, 0.05) is 18.3 Å². The first-order valence-corrected chi connectivity index (χ1v) is 9.04. The van der Waals surface area contributed by atoms with Gasteiger partial charge in [0.25, 0.3) is 5.95 Å². The van der Waals surface area contributed by atoms with Crippen LogP contribution in [0.2, 0.25) is 0 Å². The Morgan fingerprint density at radius 2 is 1.89 bits per heavy atom. The number of benzene rings is 2. The van der Waals surface area contributed by atoms with E-state index in [-0.39, 0.29) is 0 Å². The van der Waals surface area contributed by atoms with Crippen molar-refractivity contribution in [3.8, 4) is 11.5 Å². The van der Waals surface area contributed by atoms with Crippen LogP contribution in [0.4, 0.5) is 5.95 Å². The first kappa shape index (κ1) is 18.6. The monoisotopic (exact) mass is 365 g/mol. The number of tetrazole rings is 1. The molecule has 1 aromatic heterocycles. The van der Waals surface area contributed by atoms with Crippen molar-refractivity contribution in [2.45, 2.75) is 33.4 Å². The highest BCUT2D eigenvalue weighted by molar-refractivity contribution is 5.86. The Morgan fingerprint density at radius 3 is 2.67 bits per heavy atom. The molecule has 0 fully saturated rings. The predicted octanol–water partition coefficient (Wildman–Crippen LogP) is 3.81. The molecule has 0 aliphatic rings. The Balaban J connectivity index is 1.86. The van der Waals surface area contributed by atoms with E-state index >= 15 is 0 Å². The van der Waals surface area contributed by atoms with Crippen molar-refractivity contribution in [1.29, 1.82) is 0 Å². The lowest BCUT2D eigenvalue weighted by atomic mass is 10.2. The van der Waals surface area contributed by atoms with Crippen LogP contribution >= 0.6 is 0 Å². The van der Waals surface area contributed by atoms with Gasteiger partial charge in [-0.05, 0) is 41.5 Å². The summed E-state index contributed by atoms with van der Waals surface area (Å²) in [6.07, 6.45) is 2.64. The molecule has 0 atom stereocenters. The Bertz CT molecular complexity index is 877. The van der Waals surface area contributed by atoms with E-state index in [9.17, 15) is 0 Å². The van der Waals surface area contributed by atoms with Gasteiger partial charge in [-0.15, -0.1) is 0 Å². The lowest BCUT2D eigenvalue weighted by Gasteiger charge is -2.14. The number of aryl methyl sites for hydroxylation is 1. The molecule has 0 saturated heterocycles. The van der Waals surface area contributed by atoms with Gasteiger partial charge >= 0.3 is 0 Å². The molecule has 1 heterocycles. The minimum Gasteiger partial charge on any atom is -0.490 e. The molecule has 0 spiro atoms. The molecule has 0 amide bonds. The summed E-state index contributed by atoms with van der Waals surface area (Å²) in [4.78, 5) is 4.44. The third kappa shape index (κ3) is 4.91. The van der Waals surface area contributed by atoms with E-state index in [4.69, 9.17) is 9.47 Å².